The van der Waals surface area contributed by atoms with Crippen molar-refractivity contribution in [3.05, 3.63) is 82.8 Å². The highest BCUT2D eigenvalue weighted by atomic mass is 32.1. The number of hydrogen-bond acceptors (Lipinski definition) is 5. The highest BCUT2D eigenvalue weighted by Gasteiger charge is 2.31. The first-order valence-electron chi connectivity index (χ1n) is 11.7. The molecule has 0 radical (unpaired) electrons. The number of carbonyl (C=O) groups excluding carboxylic acids is 1. The molecule has 0 aliphatic heterocycles. The molecule has 0 bridgehead atoms. The Balaban J connectivity index is 1.94. The minimum Gasteiger partial charge on any atom is -0.485 e. The van der Waals surface area contributed by atoms with Crippen LogP contribution in [0.5, 0.6) is 5.75 Å². The highest BCUT2D eigenvalue weighted by molar-refractivity contribution is 7.20. The average molecular weight is 492 g/mol. The van der Waals surface area contributed by atoms with Gasteiger partial charge in [0.15, 0.2) is 12.4 Å². The standard InChI is InChI=1S/C29H33NO4S/c1-7-29(8-2,22-11-12-25(19(5)13-22)34-17-24(31)18(3)4)23-10-9-21-14-26(35-27(21)15-23)20(6)30-16-28(32)33/h9-15,30H,3,6-8,16-17H2,1-2,4-5H3,(H,32,33). The van der Waals surface area contributed by atoms with Gasteiger partial charge < -0.3 is 15.2 Å². The Bertz CT molecular complexity index is 1280. The molecule has 0 spiro atoms. The van der Waals surface area contributed by atoms with Gasteiger partial charge in [-0.2, -0.15) is 0 Å². The molecule has 0 amide bonds. The Morgan fingerprint density at radius 3 is 2.31 bits per heavy atom. The number of hydrogen-bond donors (Lipinski definition) is 2. The fourth-order valence-electron chi connectivity index (χ4n) is 4.36. The lowest BCUT2D eigenvalue weighted by molar-refractivity contribution is -0.135. The van der Waals surface area contributed by atoms with Crippen molar-refractivity contribution in [2.24, 2.45) is 0 Å². The van der Waals surface area contributed by atoms with Crippen LogP contribution in [-0.2, 0) is 15.0 Å². The lowest BCUT2D eigenvalue weighted by Gasteiger charge is -2.34. The molecule has 0 fully saturated rings. The van der Waals surface area contributed by atoms with Crippen molar-refractivity contribution in [1.29, 1.82) is 0 Å². The van der Waals surface area contributed by atoms with E-state index in [0.717, 1.165) is 33.4 Å². The number of aryl methyl sites for hydroxylation is 1. The summed E-state index contributed by atoms with van der Waals surface area (Å²) in [6.45, 7) is 15.6. The summed E-state index contributed by atoms with van der Waals surface area (Å²) < 4.78 is 6.89. The maximum atomic E-state index is 11.9. The molecular formula is C29H33NO4S. The molecule has 5 nitrogen and oxygen atoms in total. The summed E-state index contributed by atoms with van der Waals surface area (Å²) in [5.74, 6) is -0.316. The summed E-state index contributed by atoms with van der Waals surface area (Å²) in [4.78, 5) is 23.7. The Morgan fingerprint density at radius 2 is 1.71 bits per heavy atom. The predicted octanol–water partition coefficient (Wildman–Crippen LogP) is 6.48. The van der Waals surface area contributed by atoms with E-state index < -0.39 is 5.97 Å². The summed E-state index contributed by atoms with van der Waals surface area (Å²) in [6, 6.07) is 14.8. The van der Waals surface area contributed by atoms with Gasteiger partial charge in [-0.15, -0.1) is 11.3 Å². The SMILES string of the molecule is C=C(C)C(=O)COc1ccc(C(CC)(CC)c2ccc3cc(C(=C)NCC(=O)O)sc3c2)cc1C. The molecule has 0 atom stereocenters. The second-order valence-corrected chi connectivity index (χ2v) is 9.93. The number of carboxylic acid groups (broad SMARTS) is 1. The van der Waals surface area contributed by atoms with Gasteiger partial charge in [0, 0.05) is 15.8 Å². The Labute approximate surface area is 211 Å². The summed E-state index contributed by atoms with van der Waals surface area (Å²) in [5.41, 5.74) is 4.37. The van der Waals surface area contributed by atoms with Crippen molar-refractivity contribution in [3.8, 4) is 5.75 Å². The van der Waals surface area contributed by atoms with Gasteiger partial charge in [0.2, 0.25) is 0 Å². The highest BCUT2D eigenvalue weighted by Crippen LogP contribution is 2.42. The number of carbonyl (C=O) groups is 2. The van der Waals surface area contributed by atoms with E-state index in [2.05, 4.69) is 62.7 Å². The zero-order valence-corrected chi connectivity index (χ0v) is 21.7. The van der Waals surface area contributed by atoms with Gasteiger partial charge >= 0.3 is 5.97 Å². The second kappa shape index (κ2) is 10.9. The van der Waals surface area contributed by atoms with E-state index in [4.69, 9.17) is 9.84 Å². The van der Waals surface area contributed by atoms with Crippen molar-refractivity contribution >= 4 is 38.9 Å². The number of nitrogens with one attached hydrogen (secondary N) is 1. The van der Waals surface area contributed by atoms with Gasteiger partial charge in [-0.1, -0.05) is 51.3 Å². The van der Waals surface area contributed by atoms with E-state index in [-0.39, 0.29) is 24.3 Å². The molecule has 0 unspecified atom stereocenters. The number of aliphatic carboxylic acids is 1. The fourth-order valence-corrected chi connectivity index (χ4v) is 5.40. The summed E-state index contributed by atoms with van der Waals surface area (Å²) >= 11 is 1.61. The van der Waals surface area contributed by atoms with E-state index in [1.807, 2.05) is 19.1 Å². The first kappa shape index (κ1) is 26.2. The van der Waals surface area contributed by atoms with Gasteiger partial charge in [-0.05, 0) is 72.5 Å². The maximum Gasteiger partial charge on any atom is 0.322 e. The Morgan fingerprint density at radius 1 is 1.06 bits per heavy atom. The van der Waals surface area contributed by atoms with Gasteiger partial charge in [-0.3, -0.25) is 9.59 Å². The first-order valence-corrected chi connectivity index (χ1v) is 12.5. The van der Waals surface area contributed by atoms with Crippen LogP contribution in [0.25, 0.3) is 15.8 Å². The smallest absolute Gasteiger partial charge is 0.322 e. The third-order valence-electron chi connectivity index (χ3n) is 6.59. The fraction of sp³-hybridized carbons (Fsp3) is 0.310. The van der Waals surface area contributed by atoms with Crippen LogP contribution in [0.2, 0.25) is 0 Å². The number of benzene rings is 2. The number of fused-ring (bicyclic) bond motifs is 1. The van der Waals surface area contributed by atoms with Gasteiger partial charge in [-0.25, -0.2) is 0 Å². The quantitative estimate of drug-likeness (QED) is 0.283. The van der Waals surface area contributed by atoms with Crippen LogP contribution in [0.15, 0.2) is 61.2 Å². The summed E-state index contributed by atoms with van der Waals surface area (Å²) in [5, 5.41) is 12.9. The molecule has 0 aliphatic carbocycles. The largest absolute Gasteiger partial charge is 0.485 e. The Kier molecular flexibility index (Phi) is 8.18. The van der Waals surface area contributed by atoms with E-state index in [9.17, 15) is 9.59 Å². The van der Waals surface area contributed by atoms with Gasteiger partial charge in [0.25, 0.3) is 0 Å². The summed E-state index contributed by atoms with van der Waals surface area (Å²) in [6.07, 6.45) is 1.85. The van der Waals surface area contributed by atoms with Gasteiger partial charge in [0.05, 0.1) is 4.88 Å². The zero-order valence-electron chi connectivity index (χ0n) is 20.9. The minimum atomic E-state index is -0.917. The number of rotatable bonds is 12. The molecule has 0 saturated carbocycles. The Hall–Kier alpha value is -3.38. The normalized spacial score (nSPS) is 11.3. The third-order valence-corrected chi connectivity index (χ3v) is 7.75. The molecule has 0 aliphatic rings. The predicted molar refractivity (Wildman–Crippen MR) is 144 cm³/mol. The lowest BCUT2D eigenvalue weighted by Crippen LogP contribution is -2.26. The van der Waals surface area contributed by atoms with Crippen molar-refractivity contribution in [1.82, 2.24) is 5.32 Å². The topological polar surface area (TPSA) is 75.6 Å². The van der Waals surface area contributed by atoms with E-state index >= 15 is 0 Å². The average Bonchev–Trinajstić information content (AvgIpc) is 3.26. The number of thiophene rings is 1. The molecule has 1 heterocycles. The van der Waals surface area contributed by atoms with Crippen LogP contribution >= 0.6 is 11.3 Å². The van der Waals surface area contributed by atoms with E-state index in [1.165, 1.54) is 11.1 Å². The van der Waals surface area contributed by atoms with Crippen LogP contribution in [-0.4, -0.2) is 30.0 Å². The van der Waals surface area contributed by atoms with Crippen LogP contribution in [0, 0.1) is 6.92 Å². The first-order chi connectivity index (χ1) is 16.6. The van der Waals surface area contributed by atoms with E-state index in [0.29, 0.717) is 17.0 Å². The third kappa shape index (κ3) is 5.65. The second-order valence-electron chi connectivity index (χ2n) is 8.85. The molecule has 6 heteroatoms. The molecule has 2 aromatic carbocycles. The molecule has 1 aromatic heterocycles. The van der Waals surface area contributed by atoms with Crippen molar-refractivity contribution in [2.45, 2.75) is 46.0 Å². The molecule has 3 rings (SSSR count). The number of ether oxygens (including phenoxy) is 1. The minimum absolute atomic E-state index is 0.00773. The molecule has 184 valence electrons. The molecule has 2 N–H and O–H groups in total. The zero-order chi connectivity index (χ0) is 25.8. The molecular weight excluding hydrogens is 458 g/mol. The van der Waals surface area contributed by atoms with Crippen molar-refractivity contribution in [2.75, 3.05) is 13.2 Å². The number of Topliss-reactive ketones (excluding diaryl/α,β-unsaturated/α-hetero) is 1. The number of carboxylic acids is 1. The van der Waals surface area contributed by atoms with E-state index in [1.54, 1.807) is 18.3 Å². The molecule has 3 aromatic rings. The van der Waals surface area contributed by atoms with Crippen LogP contribution in [0.3, 0.4) is 0 Å². The van der Waals surface area contributed by atoms with Crippen LogP contribution in [0.1, 0.15) is 55.2 Å². The summed E-state index contributed by atoms with van der Waals surface area (Å²) in [7, 11) is 0. The van der Waals surface area contributed by atoms with Crippen molar-refractivity contribution < 1.29 is 19.4 Å². The van der Waals surface area contributed by atoms with Crippen molar-refractivity contribution in [3.63, 3.8) is 0 Å². The van der Waals surface area contributed by atoms with Crippen LogP contribution in [0.4, 0.5) is 0 Å². The molecule has 0 saturated heterocycles. The monoisotopic (exact) mass is 491 g/mol. The number of ketones is 1. The maximum absolute atomic E-state index is 11.9. The van der Waals surface area contributed by atoms with Crippen LogP contribution < -0.4 is 10.1 Å². The van der Waals surface area contributed by atoms with Gasteiger partial charge in [0.1, 0.15) is 12.3 Å². The molecule has 35 heavy (non-hydrogen) atoms. The lowest BCUT2D eigenvalue weighted by atomic mass is 9.70.